The standard InChI is InChI=1S/C15H14ClN3O4/c16-12-4-2-1-3-9(12)5-11(6-13(20)21)19-14(22)10-7-17-15(23)18-8-10/h1-4,7-8,11H,5-6H2,(H,19,22)(H,20,21)(H,17,18,23). The topological polar surface area (TPSA) is 112 Å². The van der Waals surface area contributed by atoms with E-state index in [9.17, 15) is 14.4 Å². The van der Waals surface area contributed by atoms with Crippen LogP contribution in [0.4, 0.5) is 0 Å². The zero-order valence-electron chi connectivity index (χ0n) is 12.0. The molecular formula is C15H14ClN3O4. The summed E-state index contributed by atoms with van der Waals surface area (Å²) >= 11 is 6.07. The highest BCUT2D eigenvalue weighted by Crippen LogP contribution is 2.17. The number of carbonyl (C=O) groups excluding carboxylic acids is 1. The molecule has 0 saturated carbocycles. The van der Waals surface area contributed by atoms with Crippen molar-refractivity contribution in [2.75, 3.05) is 0 Å². The Bertz CT molecular complexity index is 755. The van der Waals surface area contributed by atoms with Gasteiger partial charge < -0.3 is 15.4 Å². The fourth-order valence-electron chi connectivity index (χ4n) is 2.05. The van der Waals surface area contributed by atoms with Gasteiger partial charge in [0.05, 0.1) is 12.0 Å². The van der Waals surface area contributed by atoms with Crippen molar-refractivity contribution in [1.82, 2.24) is 15.3 Å². The van der Waals surface area contributed by atoms with Gasteiger partial charge in [-0.15, -0.1) is 0 Å². The molecule has 8 heteroatoms. The second kappa shape index (κ2) is 7.55. The number of carboxylic acid groups (broad SMARTS) is 1. The third-order valence-corrected chi connectivity index (χ3v) is 3.48. The van der Waals surface area contributed by atoms with Gasteiger partial charge in [0.25, 0.3) is 5.91 Å². The first kappa shape index (κ1) is 16.7. The van der Waals surface area contributed by atoms with Crippen LogP contribution in [0, 0.1) is 0 Å². The highest BCUT2D eigenvalue weighted by Gasteiger charge is 2.19. The van der Waals surface area contributed by atoms with Crippen LogP contribution in [0.5, 0.6) is 0 Å². The van der Waals surface area contributed by atoms with Gasteiger partial charge in [0.2, 0.25) is 0 Å². The number of nitrogens with one attached hydrogen (secondary N) is 2. The second-order valence-corrected chi connectivity index (χ2v) is 5.28. The van der Waals surface area contributed by atoms with Gasteiger partial charge in [0.15, 0.2) is 0 Å². The Hall–Kier alpha value is -2.67. The summed E-state index contributed by atoms with van der Waals surface area (Å²) in [6, 6.07) is 6.37. The number of aromatic nitrogens is 2. The molecule has 0 aliphatic carbocycles. The first-order valence-corrected chi connectivity index (χ1v) is 7.14. The maximum Gasteiger partial charge on any atom is 0.344 e. The van der Waals surface area contributed by atoms with Crippen molar-refractivity contribution in [2.24, 2.45) is 0 Å². The highest BCUT2D eigenvalue weighted by atomic mass is 35.5. The number of rotatable bonds is 6. The van der Waals surface area contributed by atoms with Crippen LogP contribution < -0.4 is 11.0 Å². The van der Waals surface area contributed by atoms with Crippen molar-refractivity contribution in [2.45, 2.75) is 18.9 Å². The van der Waals surface area contributed by atoms with Crippen molar-refractivity contribution in [1.29, 1.82) is 0 Å². The molecule has 120 valence electrons. The Morgan fingerprint density at radius 2 is 2.09 bits per heavy atom. The fourth-order valence-corrected chi connectivity index (χ4v) is 2.26. The summed E-state index contributed by atoms with van der Waals surface area (Å²) in [6.07, 6.45) is 2.36. The minimum absolute atomic E-state index is 0.138. The lowest BCUT2D eigenvalue weighted by Gasteiger charge is -2.17. The lowest BCUT2D eigenvalue weighted by Crippen LogP contribution is -2.38. The number of halogens is 1. The van der Waals surface area contributed by atoms with Crippen molar-refractivity contribution < 1.29 is 14.7 Å². The van der Waals surface area contributed by atoms with Crippen LogP contribution in [0.3, 0.4) is 0 Å². The van der Waals surface area contributed by atoms with E-state index in [1.165, 1.54) is 6.20 Å². The molecular weight excluding hydrogens is 322 g/mol. The fraction of sp³-hybridized carbons (Fsp3) is 0.200. The van der Waals surface area contributed by atoms with Crippen LogP contribution in [0.2, 0.25) is 5.02 Å². The molecule has 3 N–H and O–H groups in total. The van der Waals surface area contributed by atoms with E-state index >= 15 is 0 Å². The van der Waals surface area contributed by atoms with Crippen molar-refractivity contribution >= 4 is 23.5 Å². The first-order valence-electron chi connectivity index (χ1n) is 6.76. The van der Waals surface area contributed by atoms with E-state index in [0.717, 1.165) is 11.8 Å². The van der Waals surface area contributed by atoms with Gasteiger partial charge in [-0.2, -0.15) is 0 Å². The van der Waals surface area contributed by atoms with E-state index in [2.05, 4.69) is 15.3 Å². The molecule has 0 bridgehead atoms. The van der Waals surface area contributed by atoms with Crippen LogP contribution in [-0.4, -0.2) is 33.0 Å². The number of hydrogen-bond acceptors (Lipinski definition) is 4. The average Bonchev–Trinajstić information content (AvgIpc) is 2.49. The largest absolute Gasteiger partial charge is 0.481 e. The number of H-pyrrole nitrogens is 1. The van der Waals surface area contributed by atoms with E-state index in [0.29, 0.717) is 5.02 Å². The molecule has 1 unspecified atom stereocenters. The number of nitrogens with zero attached hydrogens (tertiary/aromatic N) is 1. The monoisotopic (exact) mass is 335 g/mol. The van der Waals surface area contributed by atoms with Gasteiger partial charge in [0.1, 0.15) is 0 Å². The molecule has 0 saturated heterocycles. The van der Waals surface area contributed by atoms with Gasteiger partial charge in [-0.3, -0.25) is 9.59 Å². The predicted molar refractivity (Wildman–Crippen MR) is 83.5 cm³/mol. The Labute approximate surface area is 136 Å². The van der Waals surface area contributed by atoms with Gasteiger partial charge in [-0.05, 0) is 18.1 Å². The summed E-state index contributed by atoms with van der Waals surface area (Å²) in [5, 5.41) is 12.1. The summed E-state index contributed by atoms with van der Waals surface area (Å²) in [4.78, 5) is 39.8. The molecule has 7 nitrogen and oxygen atoms in total. The number of hydrogen-bond donors (Lipinski definition) is 3. The van der Waals surface area contributed by atoms with Crippen molar-refractivity contribution in [3.8, 4) is 0 Å². The summed E-state index contributed by atoms with van der Waals surface area (Å²) in [6.45, 7) is 0. The maximum absolute atomic E-state index is 12.1. The van der Waals surface area contributed by atoms with Gasteiger partial charge in [-0.25, -0.2) is 9.78 Å². The van der Waals surface area contributed by atoms with E-state index < -0.39 is 23.6 Å². The molecule has 0 aliphatic rings. The Balaban J connectivity index is 2.13. The zero-order valence-corrected chi connectivity index (χ0v) is 12.7. The van der Waals surface area contributed by atoms with Gasteiger partial charge in [-0.1, -0.05) is 29.8 Å². The molecule has 1 atom stereocenters. The predicted octanol–water partition coefficient (Wildman–Crippen LogP) is 1.24. The number of carbonyl (C=O) groups is 2. The van der Waals surface area contributed by atoms with Crippen LogP contribution >= 0.6 is 11.6 Å². The van der Waals surface area contributed by atoms with Crippen LogP contribution in [-0.2, 0) is 11.2 Å². The normalized spacial score (nSPS) is 11.7. The minimum atomic E-state index is -1.04. The molecule has 0 radical (unpaired) electrons. The van der Waals surface area contributed by atoms with E-state index in [-0.39, 0.29) is 18.4 Å². The first-order chi connectivity index (χ1) is 11.0. The molecule has 23 heavy (non-hydrogen) atoms. The Kier molecular flexibility index (Phi) is 5.48. The molecule has 1 heterocycles. The number of aromatic amines is 1. The third-order valence-electron chi connectivity index (χ3n) is 3.11. The third kappa shape index (κ3) is 4.93. The SMILES string of the molecule is O=C(O)CC(Cc1ccccc1Cl)NC(=O)c1cnc(=O)[nH]c1. The molecule has 0 spiro atoms. The van der Waals surface area contributed by atoms with Crippen molar-refractivity contribution in [3.63, 3.8) is 0 Å². The number of aliphatic carboxylic acids is 1. The lowest BCUT2D eigenvalue weighted by molar-refractivity contribution is -0.137. The molecule has 1 amide bonds. The van der Waals surface area contributed by atoms with Crippen LogP contribution in [0.25, 0.3) is 0 Å². The van der Waals surface area contributed by atoms with Gasteiger partial charge in [0, 0.05) is 23.5 Å². The Morgan fingerprint density at radius 3 is 2.70 bits per heavy atom. The van der Waals surface area contributed by atoms with Crippen molar-refractivity contribution in [3.05, 3.63) is 63.3 Å². The minimum Gasteiger partial charge on any atom is -0.481 e. The summed E-state index contributed by atoms with van der Waals surface area (Å²) in [7, 11) is 0. The smallest absolute Gasteiger partial charge is 0.344 e. The molecule has 0 fully saturated rings. The average molecular weight is 336 g/mol. The molecule has 1 aromatic carbocycles. The highest BCUT2D eigenvalue weighted by molar-refractivity contribution is 6.31. The second-order valence-electron chi connectivity index (χ2n) is 4.87. The van der Waals surface area contributed by atoms with E-state index in [4.69, 9.17) is 16.7 Å². The quantitative estimate of drug-likeness (QED) is 0.735. The van der Waals surface area contributed by atoms with E-state index in [1.807, 2.05) is 0 Å². The van der Waals surface area contributed by atoms with Gasteiger partial charge >= 0.3 is 11.7 Å². The molecule has 1 aromatic heterocycles. The van der Waals surface area contributed by atoms with Crippen LogP contribution in [0.1, 0.15) is 22.3 Å². The lowest BCUT2D eigenvalue weighted by atomic mass is 10.0. The summed E-state index contributed by atoms with van der Waals surface area (Å²) < 4.78 is 0. The molecule has 0 aliphatic heterocycles. The maximum atomic E-state index is 12.1. The summed E-state index contributed by atoms with van der Waals surface area (Å²) in [5.74, 6) is -1.56. The molecule has 2 aromatic rings. The van der Waals surface area contributed by atoms with Crippen LogP contribution in [0.15, 0.2) is 41.5 Å². The zero-order chi connectivity index (χ0) is 16.8. The number of carboxylic acids is 1. The molecule has 2 rings (SSSR count). The number of amides is 1. The Morgan fingerprint density at radius 1 is 1.35 bits per heavy atom. The van der Waals surface area contributed by atoms with E-state index in [1.54, 1.807) is 24.3 Å². The number of benzene rings is 1. The summed E-state index contributed by atoms with van der Waals surface area (Å²) in [5.41, 5.74) is 0.305.